The first-order chi connectivity index (χ1) is 16.2. The molecular weight excluding hydrogens is 426 g/mol. The van der Waals surface area contributed by atoms with Crippen molar-refractivity contribution in [3.63, 3.8) is 0 Å². The van der Waals surface area contributed by atoms with E-state index in [4.69, 9.17) is 4.42 Å². The predicted molar refractivity (Wildman–Crippen MR) is 135 cm³/mol. The van der Waals surface area contributed by atoms with Gasteiger partial charge >= 0.3 is 6.03 Å². The molecule has 0 unspecified atom stereocenters. The maximum absolute atomic E-state index is 13.5. The quantitative estimate of drug-likeness (QED) is 0.430. The molecule has 0 aliphatic rings. The Morgan fingerprint density at radius 3 is 2.12 bits per heavy atom. The number of anilines is 1. The lowest BCUT2D eigenvalue weighted by molar-refractivity contribution is -0.133. The van der Waals surface area contributed by atoms with Crippen LogP contribution < -0.4 is 5.32 Å². The van der Waals surface area contributed by atoms with E-state index in [9.17, 15) is 9.59 Å². The van der Waals surface area contributed by atoms with Gasteiger partial charge in [0.1, 0.15) is 18.1 Å². The van der Waals surface area contributed by atoms with Crippen molar-refractivity contribution in [2.75, 3.05) is 18.4 Å². The third kappa shape index (κ3) is 6.98. The van der Waals surface area contributed by atoms with E-state index in [1.54, 1.807) is 9.80 Å². The highest BCUT2D eigenvalue weighted by molar-refractivity contribution is 5.93. The maximum atomic E-state index is 13.5. The fourth-order valence-electron chi connectivity index (χ4n) is 3.92. The van der Waals surface area contributed by atoms with Gasteiger partial charge in [-0.05, 0) is 55.5 Å². The van der Waals surface area contributed by atoms with Crippen LogP contribution in [0.3, 0.4) is 0 Å². The Balaban J connectivity index is 1.79. The van der Waals surface area contributed by atoms with Crippen LogP contribution in [0.15, 0.2) is 65.1 Å². The second kappa shape index (κ2) is 11.5. The summed E-state index contributed by atoms with van der Waals surface area (Å²) in [4.78, 5) is 30.1. The Hall–Kier alpha value is -3.54. The molecule has 1 heterocycles. The number of rotatable bonds is 9. The minimum Gasteiger partial charge on any atom is -0.464 e. The molecule has 3 rings (SSSR count). The molecule has 0 aliphatic heterocycles. The van der Waals surface area contributed by atoms with Crippen LogP contribution in [-0.4, -0.2) is 34.8 Å². The van der Waals surface area contributed by atoms with Gasteiger partial charge in [0.15, 0.2) is 0 Å². The summed E-state index contributed by atoms with van der Waals surface area (Å²) in [6.45, 7) is 11.1. The number of carbonyl (C=O) groups excluding carboxylic acids is 2. The molecule has 0 saturated heterocycles. The van der Waals surface area contributed by atoms with E-state index < -0.39 is 0 Å². The summed E-state index contributed by atoms with van der Waals surface area (Å²) in [7, 11) is 0. The first-order valence-electron chi connectivity index (χ1n) is 11.7. The predicted octanol–water partition coefficient (Wildman–Crippen LogP) is 5.92. The molecule has 0 radical (unpaired) electrons. The Kier molecular flexibility index (Phi) is 8.52. The zero-order valence-corrected chi connectivity index (χ0v) is 20.8. The van der Waals surface area contributed by atoms with Crippen LogP contribution >= 0.6 is 0 Å². The summed E-state index contributed by atoms with van der Waals surface area (Å²) in [5, 5.41) is 3.03. The van der Waals surface area contributed by atoms with Gasteiger partial charge in [-0.25, -0.2) is 4.79 Å². The highest BCUT2D eigenvalue weighted by Crippen LogP contribution is 2.20. The molecule has 180 valence electrons. The normalized spacial score (nSPS) is 10.9. The van der Waals surface area contributed by atoms with Gasteiger partial charge in [-0.1, -0.05) is 62.4 Å². The number of hydrogen-bond donors (Lipinski definition) is 1. The smallest absolute Gasteiger partial charge is 0.322 e. The van der Waals surface area contributed by atoms with Crippen molar-refractivity contribution in [3.05, 3.63) is 88.9 Å². The summed E-state index contributed by atoms with van der Waals surface area (Å²) in [6, 6.07) is 19.3. The molecule has 3 aromatic rings. The zero-order chi connectivity index (χ0) is 24.7. The van der Waals surface area contributed by atoms with Gasteiger partial charge in [0.05, 0.1) is 6.54 Å². The zero-order valence-electron chi connectivity index (χ0n) is 20.8. The molecule has 1 aromatic heterocycles. The first-order valence-corrected chi connectivity index (χ1v) is 11.7. The number of carbonyl (C=O) groups is 2. The topological polar surface area (TPSA) is 65.8 Å². The van der Waals surface area contributed by atoms with Crippen molar-refractivity contribution in [3.8, 4) is 0 Å². The number of urea groups is 1. The molecule has 0 atom stereocenters. The molecule has 0 bridgehead atoms. The number of amides is 3. The van der Waals surface area contributed by atoms with E-state index in [1.165, 1.54) is 0 Å². The van der Waals surface area contributed by atoms with E-state index in [2.05, 4.69) is 5.32 Å². The van der Waals surface area contributed by atoms with Crippen molar-refractivity contribution < 1.29 is 14.0 Å². The van der Waals surface area contributed by atoms with Crippen molar-refractivity contribution in [1.29, 1.82) is 0 Å². The summed E-state index contributed by atoms with van der Waals surface area (Å²) in [5.74, 6) is 1.61. The number of para-hydroxylation sites is 1. The molecular formula is C28H35N3O3. The van der Waals surface area contributed by atoms with Gasteiger partial charge in [0, 0.05) is 18.8 Å². The fraction of sp³-hybridized carbons (Fsp3) is 0.357. The van der Waals surface area contributed by atoms with Crippen molar-refractivity contribution in [2.45, 2.75) is 47.7 Å². The monoisotopic (exact) mass is 461 g/mol. The van der Waals surface area contributed by atoms with Gasteiger partial charge in [0.2, 0.25) is 5.91 Å². The fourth-order valence-corrected chi connectivity index (χ4v) is 3.92. The Labute approximate surface area is 202 Å². The Morgan fingerprint density at radius 2 is 1.53 bits per heavy atom. The standard InChI is InChI=1S/C28H35N3O3/c1-20(2)16-31(28(33)29-27-21(3)10-9-11-22(27)4)19-26(32)30(17-24-12-7-6-8-13-24)18-25-15-14-23(5)34-25/h6-15,20H,16-19H2,1-5H3,(H,29,33). The molecule has 0 fully saturated rings. The number of nitrogens with one attached hydrogen (secondary N) is 1. The van der Waals surface area contributed by atoms with Crippen LogP contribution in [0.1, 0.15) is 42.1 Å². The number of hydrogen-bond acceptors (Lipinski definition) is 3. The van der Waals surface area contributed by atoms with Gasteiger partial charge in [0.25, 0.3) is 0 Å². The molecule has 0 spiro atoms. The molecule has 0 aliphatic carbocycles. The molecule has 6 heteroatoms. The highest BCUT2D eigenvalue weighted by atomic mass is 16.3. The number of furan rings is 1. The van der Waals surface area contributed by atoms with E-state index in [-0.39, 0.29) is 24.4 Å². The number of aryl methyl sites for hydroxylation is 3. The van der Waals surface area contributed by atoms with Crippen molar-refractivity contribution >= 4 is 17.6 Å². The molecule has 6 nitrogen and oxygen atoms in total. The van der Waals surface area contributed by atoms with Crippen LogP contribution in [-0.2, 0) is 17.9 Å². The maximum Gasteiger partial charge on any atom is 0.322 e. The highest BCUT2D eigenvalue weighted by Gasteiger charge is 2.24. The lowest BCUT2D eigenvalue weighted by Crippen LogP contribution is -2.45. The van der Waals surface area contributed by atoms with Crippen LogP contribution in [0.4, 0.5) is 10.5 Å². The van der Waals surface area contributed by atoms with Crippen molar-refractivity contribution in [2.24, 2.45) is 5.92 Å². The average molecular weight is 462 g/mol. The van der Waals surface area contributed by atoms with Gasteiger partial charge < -0.3 is 19.5 Å². The Morgan fingerprint density at radius 1 is 0.853 bits per heavy atom. The largest absolute Gasteiger partial charge is 0.464 e. The summed E-state index contributed by atoms with van der Waals surface area (Å²) in [5.41, 5.74) is 3.79. The molecule has 34 heavy (non-hydrogen) atoms. The summed E-state index contributed by atoms with van der Waals surface area (Å²) < 4.78 is 5.74. The number of nitrogens with zero attached hydrogens (tertiary/aromatic N) is 2. The lowest BCUT2D eigenvalue weighted by Gasteiger charge is -2.29. The molecule has 2 aromatic carbocycles. The summed E-state index contributed by atoms with van der Waals surface area (Å²) >= 11 is 0. The van der Waals surface area contributed by atoms with Crippen LogP contribution in [0, 0.1) is 26.7 Å². The van der Waals surface area contributed by atoms with E-state index in [0.717, 1.165) is 33.9 Å². The van der Waals surface area contributed by atoms with E-state index in [1.807, 2.05) is 95.3 Å². The second-order valence-electron chi connectivity index (χ2n) is 9.22. The average Bonchev–Trinajstić information content (AvgIpc) is 3.20. The second-order valence-corrected chi connectivity index (χ2v) is 9.22. The minimum absolute atomic E-state index is 0.0124. The minimum atomic E-state index is -0.270. The summed E-state index contributed by atoms with van der Waals surface area (Å²) in [6.07, 6.45) is 0. The van der Waals surface area contributed by atoms with E-state index in [0.29, 0.717) is 19.6 Å². The van der Waals surface area contributed by atoms with Gasteiger partial charge in [-0.2, -0.15) is 0 Å². The third-order valence-electron chi connectivity index (χ3n) is 5.62. The van der Waals surface area contributed by atoms with Crippen LogP contribution in [0.5, 0.6) is 0 Å². The number of benzene rings is 2. The van der Waals surface area contributed by atoms with Crippen molar-refractivity contribution in [1.82, 2.24) is 9.80 Å². The SMILES string of the molecule is Cc1ccc(CN(Cc2ccccc2)C(=O)CN(CC(C)C)C(=O)Nc2c(C)cccc2C)o1. The molecule has 1 N–H and O–H groups in total. The molecule has 0 saturated carbocycles. The van der Waals surface area contributed by atoms with Gasteiger partial charge in [-0.3, -0.25) is 4.79 Å². The first kappa shape index (κ1) is 25.1. The molecule has 3 amide bonds. The van der Waals surface area contributed by atoms with Crippen LogP contribution in [0.2, 0.25) is 0 Å². The van der Waals surface area contributed by atoms with Gasteiger partial charge in [-0.15, -0.1) is 0 Å². The Bertz CT molecular complexity index is 1080. The van der Waals surface area contributed by atoms with Crippen LogP contribution in [0.25, 0.3) is 0 Å². The lowest BCUT2D eigenvalue weighted by atomic mass is 10.1. The third-order valence-corrected chi connectivity index (χ3v) is 5.62. The van der Waals surface area contributed by atoms with E-state index >= 15 is 0 Å².